The normalized spacial score (nSPS) is 15.3. The minimum Gasteiger partial charge on any atom is -0.494 e. The standard InChI is InChI=1S/C88H122O22/c1-3-4-15-28-68-33-35-69(36-34-68)70-37-39-71(40-38-70)86(96)108-78-53-55-79(56-54-78)110-88(98)73-41-45-74(46-42-73)99-59-20-7-5-6-8-22-62-105-84(94)57-58-85(95)106-66-27-14-19-32-83(93)104-65-26-13-18-31-82(92)103-64-25-12-17-30-81(91)102-63-24-11-16-29-80(90)101-61-23-10-9-21-60-100-75-47-43-72(44-48-75)87(97)109-77-51-49-76(50-52-77)107-67(2)89/h41-56,68-71H,3-40,57-66H2,1-2H3. The first kappa shape index (κ1) is 90.1. The zero-order valence-corrected chi connectivity index (χ0v) is 65.5. The average molecular weight is 1530 g/mol. The molecule has 6 rings (SSSR count). The molecule has 22 nitrogen and oxygen atoms in total. The highest BCUT2D eigenvalue weighted by atomic mass is 16.6. The molecule has 4 aromatic carbocycles. The number of carbonyl (C=O) groups is 10. The van der Waals surface area contributed by atoms with E-state index in [1.165, 1.54) is 58.3 Å². The highest BCUT2D eigenvalue weighted by Gasteiger charge is 2.34. The van der Waals surface area contributed by atoms with Gasteiger partial charge in [0.2, 0.25) is 0 Å². The molecule has 0 aliphatic heterocycles. The highest BCUT2D eigenvalue weighted by Crippen LogP contribution is 2.43. The Labute approximate surface area is 651 Å². The van der Waals surface area contributed by atoms with Crippen molar-refractivity contribution >= 4 is 59.7 Å². The van der Waals surface area contributed by atoms with Crippen molar-refractivity contribution in [2.75, 3.05) is 52.9 Å². The van der Waals surface area contributed by atoms with Gasteiger partial charge in [-0.15, -0.1) is 0 Å². The van der Waals surface area contributed by atoms with E-state index in [1.807, 2.05) is 0 Å². The summed E-state index contributed by atoms with van der Waals surface area (Å²) in [6.07, 6.45) is 32.6. The lowest BCUT2D eigenvalue weighted by Crippen LogP contribution is -2.30. The Balaban J connectivity index is 0.612. The lowest BCUT2D eigenvalue weighted by molar-refractivity contribution is -0.150. The minimum absolute atomic E-state index is 0.0468. The van der Waals surface area contributed by atoms with Gasteiger partial charge in [-0.05, 0) is 269 Å². The number of ether oxygens (including phenoxy) is 12. The van der Waals surface area contributed by atoms with Gasteiger partial charge in [0.15, 0.2) is 0 Å². The maximum atomic E-state index is 13.1. The fourth-order valence-electron chi connectivity index (χ4n) is 13.5. The van der Waals surface area contributed by atoms with Gasteiger partial charge >= 0.3 is 59.7 Å². The Morgan fingerprint density at radius 1 is 0.282 bits per heavy atom. The highest BCUT2D eigenvalue weighted by molar-refractivity contribution is 5.92. The molecule has 2 aliphatic rings. The van der Waals surface area contributed by atoms with E-state index in [-0.39, 0.29) is 87.7 Å². The first-order chi connectivity index (χ1) is 53.6. The Kier molecular flexibility index (Phi) is 45.5. The molecule has 0 bridgehead atoms. The molecule has 0 saturated heterocycles. The number of unbranched alkanes of at least 4 members (excludes halogenated alkanes) is 18. The molecule has 0 atom stereocenters. The molecule has 0 N–H and O–H groups in total. The van der Waals surface area contributed by atoms with Crippen LogP contribution in [0.3, 0.4) is 0 Å². The molecule has 2 fully saturated rings. The molecule has 2 saturated carbocycles. The summed E-state index contributed by atoms with van der Waals surface area (Å²) in [5.74, 6) is 1.54. The lowest BCUT2D eigenvalue weighted by Gasteiger charge is -2.37. The smallest absolute Gasteiger partial charge is 0.343 e. The summed E-state index contributed by atoms with van der Waals surface area (Å²) < 4.78 is 65.3. The van der Waals surface area contributed by atoms with Gasteiger partial charge in [-0.2, -0.15) is 0 Å². The Morgan fingerprint density at radius 2 is 0.564 bits per heavy atom. The minimum atomic E-state index is -0.525. The molecule has 606 valence electrons. The van der Waals surface area contributed by atoms with E-state index in [9.17, 15) is 47.9 Å². The van der Waals surface area contributed by atoms with Crippen LogP contribution >= 0.6 is 0 Å². The third-order valence-electron chi connectivity index (χ3n) is 19.9. The van der Waals surface area contributed by atoms with Crippen molar-refractivity contribution in [1.82, 2.24) is 0 Å². The summed E-state index contributed by atoms with van der Waals surface area (Å²) in [4.78, 5) is 123. The second-order valence-corrected chi connectivity index (χ2v) is 29.0. The quantitative estimate of drug-likeness (QED) is 0.0172. The summed E-state index contributed by atoms with van der Waals surface area (Å²) >= 11 is 0. The van der Waals surface area contributed by atoms with E-state index < -0.39 is 29.8 Å². The van der Waals surface area contributed by atoms with Gasteiger partial charge in [0.1, 0.15) is 34.5 Å². The maximum absolute atomic E-state index is 13.1. The van der Waals surface area contributed by atoms with Crippen LogP contribution in [0.2, 0.25) is 0 Å². The van der Waals surface area contributed by atoms with Crippen LogP contribution in [0.25, 0.3) is 0 Å². The third kappa shape index (κ3) is 40.7. The molecule has 22 heteroatoms. The van der Waals surface area contributed by atoms with Crippen LogP contribution in [0.15, 0.2) is 97.1 Å². The third-order valence-corrected chi connectivity index (χ3v) is 19.9. The molecular formula is C88H122O22. The molecule has 0 heterocycles. The van der Waals surface area contributed by atoms with E-state index in [1.54, 1.807) is 97.1 Å². The molecule has 110 heavy (non-hydrogen) atoms. The Morgan fingerprint density at radius 3 is 0.900 bits per heavy atom. The van der Waals surface area contributed by atoms with Crippen LogP contribution in [-0.4, -0.2) is 113 Å². The van der Waals surface area contributed by atoms with Crippen LogP contribution < -0.4 is 28.4 Å². The first-order valence-electron chi connectivity index (χ1n) is 41.0. The molecular weight excluding hydrogens is 1410 g/mol. The van der Waals surface area contributed by atoms with E-state index in [4.69, 9.17) is 56.8 Å². The average Bonchev–Trinajstić information content (AvgIpc) is 0.849. The summed E-state index contributed by atoms with van der Waals surface area (Å²) in [5.41, 5.74) is 0.754. The van der Waals surface area contributed by atoms with Gasteiger partial charge in [-0.3, -0.25) is 38.4 Å². The van der Waals surface area contributed by atoms with Gasteiger partial charge in [0.05, 0.1) is 82.7 Å². The SMILES string of the molecule is CCCCCC1CCC(C2CCC(C(=O)Oc3ccc(OC(=O)c4ccc(OCCCCCCCCOC(=O)CCC(=O)OCCCCCC(=O)OCCCCCC(=O)OCCCCCC(=O)OCCCCCC(=O)OCCCCCCOc5ccc(C(=O)Oc6ccc(OC(C)=O)cc6)cc5)cc4)cc3)CC2)CC1. The monoisotopic (exact) mass is 1530 g/mol. The van der Waals surface area contributed by atoms with E-state index in [2.05, 4.69) is 6.92 Å². The van der Waals surface area contributed by atoms with Gasteiger partial charge in [-0.1, -0.05) is 71.1 Å². The van der Waals surface area contributed by atoms with Crippen molar-refractivity contribution in [3.05, 3.63) is 108 Å². The fraction of sp³-hybridized carbons (Fsp3) is 0.614. The van der Waals surface area contributed by atoms with Crippen molar-refractivity contribution in [1.29, 1.82) is 0 Å². The topological polar surface area (TPSA) is 281 Å². The molecule has 0 amide bonds. The number of carbonyl (C=O) groups excluding carboxylic acids is 10. The lowest BCUT2D eigenvalue weighted by atomic mass is 9.68. The van der Waals surface area contributed by atoms with Gasteiger partial charge in [0.25, 0.3) is 0 Å². The van der Waals surface area contributed by atoms with E-state index >= 15 is 0 Å². The van der Waals surface area contributed by atoms with Crippen molar-refractivity contribution in [3.8, 4) is 34.5 Å². The second kappa shape index (κ2) is 55.6. The molecule has 2 aliphatic carbocycles. The summed E-state index contributed by atoms with van der Waals surface area (Å²) in [5, 5.41) is 0. The molecule has 0 spiro atoms. The van der Waals surface area contributed by atoms with Gasteiger partial charge in [0, 0.05) is 32.6 Å². The van der Waals surface area contributed by atoms with Crippen LogP contribution in [0.1, 0.15) is 291 Å². The van der Waals surface area contributed by atoms with E-state index in [0.29, 0.717) is 149 Å². The Hall–Kier alpha value is -8.82. The molecule has 0 aromatic heterocycles. The van der Waals surface area contributed by atoms with Crippen LogP contribution in [0.5, 0.6) is 34.5 Å². The summed E-state index contributed by atoms with van der Waals surface area (Å²) in [7, 11) is 0. The van der Waals surface area contributed by atoms with Crippen molar-refractivity contribution in [2.24, 2.45) is 23.7 Å². The van der Waals surface area contributed by atoms with Crippen LogP contribution in [0, 0.1) is 23.7 Å². The predicted molar refractivity (Wildman–Crippen MR) is 414 cm³/mol. The van der Waals surface area contributed by atoms with Crippen LogP contribution in [-0.2, 0) is 66.8 Å². The largest absolute Gasteiger partial charge is 0.494 e. The maximum Gasteiger partial charge on any atom is 0.343 e. The van der Waals surface area contributed by atoms with E-state index in [0.717, 1.165) is 120 Å². The number of esters is 10. The zero-order valence-electron chi connectivity index (χ0n) is 65.5. The van der Waals surface area contributed by atoms with Crippen molar-refractivity contribution in [2.45, 2.75) is 271 Å². The molecule has 4 aromatic rings. The molecule has 0 radical (unpaired) electrons. The number of benzene rings is 4. The van der Waals surface area contributed by atoms with Gasteiger partial charge < -0.3 is 56.8 Å². The predicted octanol–water partition coefficient (Wildman–Crippen LogP) is 18.8. The second-order valence-electron chi connectivity index (χ2n) is 29.0. The fourth-order valence-corrected chi connectivity index (χ4v) is 13.5. The number of hydrogen-bond acceptors (Lipinski definition) is 22. The number of hydrogen-bond donors (Lipinski definition) is 0. The zero-order chi connectivity index (χ0) is 78.4. The van der Waals surface area contributed by atoms with Crippen molar-refractivity contribution < 1.29 is 105 Å². The summed E-state index contributed by atoms with van der Waals surface area (Å²) in [6, 6.07) is 26.3. The van der Waals surface area contributed by atoms with Crippen LogP contribution in [0.4, 0.5) is 0 Å². The Bertz CT molecular complexity index is 3300. The number of rotatable bonds is 57. The first-order valence-corrected chi connectivity index (χ1v) is 41.0. The molecule has 0 unspecified atom stereocenters. The van der Waals surface area contributed by atoms with Gasteiger partial charge in [-0.25, -0.2) is 9.59 Å². The summed E-state index contributed by atoms with van der Waals surface area (Å²) in [6.45, 7) is 6.33. The van der Waals surface area contributed by atoms with Crippen molar-refractivity contribution in [3.63, 3.8) is 0 Å².